The number of amides is 2. The van der Waals surface area contributed by atoms with E-state index in [4.69, 9.17) is 13.9 Å². The highest BCUT2D eigenvalue weighted by molar-refractivity contribution is 5.98. The minimum Gasteiger partial charge on any atom is -0.497 e. The number of anilines is 1. The number of ketones is 1. The first-order valence-corrected chi connectivity index (χ1v) is 14.8. The highest BCUT2D eigenvalue weighted by Gasteiger charge is 2.30. The lowest BCUT2D eigenvalue weighted by molar-refractivity contribution is -0.122. The number of hydrogen-bond acceptors (Lipinski definition) is 10. The number of benzene rings is 3. The molecule has 0 saturated carbocycles. The second-order valence-corrected chi connectivity index (χ2v) is 10.9. The smallest absolute Gasteiger partial charge is 0.412 e. The van der Waals surface area contributed by atoms with Crippen molar-refractivity contribution in [3.05, 3.63) is 113 Å². The number of carbonyl (C=O) groups excluding carboxylic acids is 3. The molecular formula is C34H31FN6O7. The van der Waals surface area contributed by atoms with Crippen molar-refractivity contribution < 1.29 is 32.7 Å². The third-order valence-electron chi connectivity index (χ3n) is 7.14. The van der Waals surface area contributed by atoms with Gasteiger partial charge in [0.2, 0.25) is 17.6 Å². The molecule has 13 nitrogen and oxygen atoms in total. The highest BCUT2D eigenvalue weighted by Crippen LogP contribution is 2.22. The zero-order valence-electron chi connectivity index (χ0n) is 26.2. The van der Waals surface area contributed by atoms with E-state index in [1.165, 1.54) is 31.4 Å². The van der Waals surface area contributed by atoms with Crippen LogP contribution in [-0.4, -0.2) is 50.7 Å². The topological polar surface area (TPSA) is 168 Å². The lowest BCUT2D eigenvalue weighted by Crippen LogP contribution is -2.46. The molecule has 0 radical (unpaired) electrons. The Morgan fingerprint density at radius 1 is 0.938 bits per heavy atom. The Bertz CT molecular complexity index is 1960. The summed E-state index contributed by atoms with van der Waals surface area (Å²) in [7, 11) is 1.53. The van der Waals surface area contributed by atoms with E-state index in [1.807, 2.05) is 6.07 Å². The first-order chi connectivity index (χ1) is 23.1. The van der Waals surface area contributed by atoms with Crippen molar-refractivity contribution in [1.82, 2.24) is 25.1 Å². The summed E-state index contributed by atoms with van der Waals surface area (Å²) < 4.78 is 30.7. The van der Waals surface area contributed by atoms with Crippen molar-refractivity contribution in [3.8, 4) is 28.6 Å². The van der Waals surface area contributed by atoms with Gasteiger partial charge in [-0.2, -0.15) is 0 Å². The SMILES string of the molecule is COc1ccc(-c2nnc(C(=O)[C@@H](NC(=O)Cn3c(-c4ccc(F)cc4)ncc(NC(=O)OCc4ccccc4)c3=O)C(C)C)o2)cc1. The predicted octanol–water partition coefficient (Wildman–Crippen LogP) is 4.88. The number of rotatable bonds is 12. The molecule has 2 N–H and O–H groups in total. The molecule has 0 bridgehead atoms. The summed E-state index contributed by atoms with van der Waals surface area (Å²) in [5.41, 5.74) is 0.570. The number of methoxy groups -OCH3 is 1. The molecule has 5 aromatic rings. The zero-order chi connectivity index (χ0) is 34.2. The summed E-state index contributed by atoms with van der Waals surface area (Å²) in [6.45, 7) is 2.78. The number of nitrogens with zero attached hydrogens (tertiary/aromatic N) is 4. The normalized spacial score (nSPS) is 11.5. The van der Waals surface area contributed by atoms with Gasteiger partial charge in [-0.1, -0.05) is 44.2 Å². The molecule has 3 aromatic carbocycles. The Balaban J connectivity index is 1.36. The van der Waals surface area contributed by atoms with Gasteiger partial charge in [0.15, 0.2) is 0 Å². The molecule has 2 heterocycles. The van der Waals surface area contributed by atoms with Crippen LogP contribution < -0.4 is 20.9 Å². The highest BCUT2D eigenvalue weighted by atomic mass is 19.1. The molecule has 5 rings (SSSR count). The van der Waals surface area contributed by atoms with Crippen molar-refractivity contribution in [3.63, 3.8) is 0 Å². The molecule has 14 heteroatoms. The lowest BCUT2D eigenvalue weighted by Gasteiger charge is -2.20. The number of carbonyl (C=O) groups is 3. The quantitative estimate of drug-likeness (QED) is 0.177. The Morgan fingerprint density at radius 2 is 1.62 bits per heavy atom. The summed E-state index contributed by atoms with van der Waals surface area (Å²) in [5, 5.41) is 12.9. The largest absolute Gasteiger partial charge is 0.497 e. The number of aromatic nitrogens is 4. The zero-order valence-corrected chi connectivity index (χ0v) is 26.2. The Kier molecular flexibility index (Phi) is 10.3. The van der Waals surface area contributed by atoms with E-state index >= 15 is 0 Å². The second-order valence-electron chi connectivity index (χ2n) is 10.9. The van der Waals surface area contributed by atoms with Crippen LogP contribution >= 0.6 is 0 Å². The molecule has 0 aliphatic carbocycles. The van der Waals surface area contributed by atoms with Gasteiger partial charge < -0.3 is 19.2 Å². The van der Waals surface area contributed by atoms with Gasteiger partial charge in [0, 0.05) is 11.1 Å². The molecule has 246 valence electrons. The van der Waals surface area contributed by atoms with Crippen molar-refractivity contribution in [2.24, 2.45) is 5.92 Å². The Hall–Kier alpha value is -6.18. The molecular weight excluding hydrogens is 623 g/mol. The summed E-state index contributed by atoms with van der Waals surface area (Å²) in [6, 6.07) is 19.8. The lowest BCUT2D eigenvalue weighted by atomic mass is 9.99. The van der Waals surface area contributed by atoms with Crippen molar-refractivity contribution in [2.75, 3.05) is 12.4 Å². The van der Waals surface area contributed by atoms with Gasteiger partial charge in [-0.3, -0.25) is 24.3 Å². The van der Waals surface area contributed by atoms with E-state index in [0.717, 1.165) is 16.3 Å². The summed E-state index contributed by atoms with van der Waals surface area (Å²) >= 11 is 0. The van der Waals surface area contributed by atoms with Crippen LogP contribution in [-0.2, 0) is 22.7 Å². The van der Waals surface area contributed by atoms with Crippen LogP contribution in [0.25, 0.3) is 22.8 Å². The van der Waals surface area contributed by atoms with E-state index in [2.05, 4.69) is 25.8 Å². The average molecular weight is 655 g/mol. The molecule has 2 aromatic heterocycles. The molecule has 0 aliphatic rings. The summed E-state index contributed by atoms with van der Waals surface area (Å²) in [5.74, 6) is -1.87. The minimum absolute atomic E-state index is 0.0202. The van der Waals surface area contributed by atoms with Gasteiger partial charge in [-0.05, 0) is 60.0 Å². The fraction of sp³-hybridized carbons (Fsp3) is 0.206. The predicted molar refractivity (Wildman–Crippen MR) is 172 cm³/mol. The van der Waals surface area contributed by atoms with Crippen molar-refractivity contribution in [1.29, 1.82) is 0 Å². The third-order valence-corrected chi connectivity index (χ3v) is 7.14. The van der Waals surface area contributed by atoms with Gasteiger partial charge in [0.25, 0.3) is 11.4 Å². The first kappa shape index (κ1) is 33.2. The van der Waals surface area contributed by atoms with Crippen LogP contribution in [0.5, 0.6) is 5.75 Å². The maximum atomic E-state index is 13.7. The standard InChI is InChI=1S/C34H31FN6O7/c1-20(2)28(29(43)32-40-39-31(48-32)23-11-15-25(46-3)16-12-23)38-27(42)18-41-30(22-9-13-24(35)14-10-22)36-17-26(33(41)44)37-34(45)47-19-21-7-5-4-6-8-21/h4-17,20,28H,18-19H2,1-3H3,(H,37,45)(H,38,42)/t28-/m0/s1. The van der Waals surface area contributed by atoms with Crippen molar-refractivity contribution >= 4 is 23.5 Å². The molecule has 48 heavy (non-hydrogen) atoms. The Morgan fingerprint density at radius 3 is 2.29 bits per heavy atom. The number of Topliss-reactive ketones (excluding diaryl/α,β-unsaturated/α-hetero) is 1. The molecule has 0 aliphatic heterocycles. The van der Waals surface area contributed by atoms with Gasteiger partial charge in [-0.15, -0.1) is 10.2 Å². The van der Waals surface area contributed by atoms with Crippen LogP contribution in [0, 0.1) is 11.7 Å². The first-order valence-electron chi connectivity index (χ1n) is 14.8. The number of nitrogens with one attached hydrogen (secondary N) is 2. The summed E-state index contributed by atoms with van der Waals surface area (Å²) in [4.78, 5) is 57.3. The summed E-state index contributed by atoms with van der Waals surface area (Å²) in [6.07, 6.45) is 0.206. The van der Waals surface area contributed by atoms with Crippen LogP contribution in [0.2, 0.25) is 0 Å². The van der Waals surface area contributed by atoms with Crippen LogP contribution in [0.1, 0.15) is 30.1 Å². The van der Waals surface area contributed by atoms with Crippen molar-refractivity contribution in [2.45, 2.75) is 33.0 Å². The van der Waals surface area contributed by atoms with E-state index in [-0.39, 0.29) is 29.9 Å². The van der Waals surface area contributed by atoms with Gasteiger partial charge >= 0.3 is 6.09 Å². The van der Waals surface area contributed by atoms with E-state index in [1.54, 1.807) is 62.4 Å². The second kappa shape index (κ2) is 14.9. The molecule has 0 saturated heterocycles. The van der Waals surface area contributed by atoms with E-state index in [0.29, 0.717) is 16.9 Å². The third kappa shape index (κ3) is 7.96. The molecule has 0 unspecified atom stereocenters. The van der Waals surface area contributed by atoms with Crippen LogP contribution in [0.15, 0.2) is 94.3 Å². The maximum Gasteiger partial charge on any atom is 0.412 e. The molecule has 0 spiro atoms. The fourth-order valence-corrected chi connectivity index (χ4v) is 4.63. The molecule has 2 amide bonds. The number of halogens is 1. The fourth-order valence-electron chi connectivity index (χ4n) is 4.63. The monoisotopic (exact) mass is 654 g/mol. The number of hydrogen-bond donors (Lipinski definition) is 2. The molecule has 0 fully saturated rings. The maximum absolute atomic E-state index is 13.7. The molecule has 1 atom stereocenters. The van der Waals surface area contributed by atoms with Gasteiger partial charge in [-0.25, -0.2) is 14.2 Å². The van der Waals surface area contributed by atoms with E-state index in [9.17, 15) is 23.6 Å². The average Bonchev–Trinajstić information content (AvgIpc) is 3.59. The van der Waals surface area contributed by atoms with Crippen LogP contribution in [0.4, 0.5) is 14.9 Å². The Labute approximate surface area is 273 Å². The van der Waals surface area contributed by atoms with Gasteiger partial charge in [0.05, 0.1) is 19.3 Å². The minimum atomic E-state index is -1.10. The number of ether oxygens (including phenoxy) is 2. The van der Waals surface area contributed by atoms with Crippen LogP contribution in [0.3, 0.4) is 0 Å². The van der Waals surface area contributed by atoms with Gasteiger partial charge in [0.1, 0.15) is 36.2 Å². The van der Waals surface area contributed by atoms with E-state index < -0.39 is 47.7 Å².